The Bertz CT molecular complexity index is 1590. The first-order valence-corrected chi connectivity index (χ1v) is 13.9. The van der Waals surface area contributed by atoms with Gasteiger partial charge < -0.3 is 24.8 Å². The van der Waals surface area contributed by atoms with Gasteiger partial charge >= 0.3 is 0 Å². The number of methoxy groups -OCH3 is 1. The van der Waals surface area contributed by atoms with Gasteiger partial charge in [-0.25, -0.2) is 0 Å². The number of carbonyl (C=O) groups excluding carboxylic acids is 1. The van der Waals surface area contributed by atoms with Crippen LogP contribution in [0, 0.1) is 20.8 Å². The third kappa shape index (κ3) is 5.20. The van der Waals surface area contributed by atoms with Crippen molar-refractivity contribution in [3.8, 4) is 5.69 Å². The zero-order valence-electron chi connectivity index (χ0n) is 22.5. The Kier molecular flexibility index (Phi) is 8.14. The summed E-state index contributed by atoms with van der Waals surface area (Å²) in [6, 6.07) is 18.8. The molecule has 0 radical (unpaired) electrons. The Labute approximate surface area is 249 Å². The number of rotatable bonds is 7. The Morgan fingerprint density at radius 3 is 2.52 bits per heavy atom. The van der Waals surface area contributed by atoms with Crippen LogP contribution in [-0.4, -0.2) is 34.3 Å². The van der Waals surface area contributed by atoms with E-state index in [0.717, 1.165) is 39.6 Å². The monoisotopic (exact) mass is 593 g/mol. The highest BCUT2D eigenvalue weighted by molar-refractivity contribution is 7.80. The van der Waals surface area contributed by atoms with Crippen LogP contribution in [0.1, 0.15) is 40.3 Å². The number of aromatic nitrogens is 2. The SMILES string of the molecule is COCC(=O)Nc1ccc(N2C(=S)N[C@H](c3ccccn3)[C@@H]2c2c(C)c(C)n(-c3cccc(Cl)c3)c2C)cc1Cl. The van der Waals surface area contributed by atoms with Gasteiger partial charge in [-0.3, -0.25) is 9.78 Å². The van der Waals surface area contributed by atoms with Gasteiger partial charge in [0.15, 0.2) is 5.11 Å². The summed E-state index contributed by atoms with van der Waals surface area (Å²) in [5, 5.41) is 7.92. The molecule has 1 fully saturated rings. The molecule has 0 bridgehead atoms. The van der Waals surface area contributed by atoms with E-state index >= 15 is 0 Å². The molecule has 5 rings (SSSR count). The maximum atomic E-state index is 12.1. The van der Waals surface area contributed by atoms with Gasteiger partial charge in [0.2, 0.25) is 5.91 Å². The number of anilines is 2. The summed E-state index contributed by atoms with van der Waals surface area (Å²) in [5.74, 6) is -0.285. The lowest BCUT2D eigenvalue weighted by molar-refractivity contribution is -0.119. The van der Waals surface area contributed by atoms with Gasteiger partial charge in [-0.15, -0.1) is 0 Å². The zero-order chi connectivity index (χ0) is 28.6. The zero-order valence-corrected chi connectivity index (χ0v) is 24.9. The second-order valence-electron chi connectivity index (χ2n) is 9.67. The quantitative estimate of drug-likeness (QED) is 0.228. The largest absolute Gasteiger partial charge is 0.375 e. The van der Waals surface area contributed by atoms with Crippen molar-refractivity contribution in [2.45, 2.75) is 32.9 Å². The minimum Gasteiger partial charge on any atom is -0.375 e. The lowest BCUT2D eigenvalue weighted by atomic mass is 9.93. The van der Waals surface area contributed by atoms with Crippen molar-refractivity contribution in [1.29, 1.82) is 0 Å². The number of hydrogen-bond donors (Lipinski definition) is 2. The first-order valence-electron chi connectivity index (χ1n) is 12.7. The molecule has 40 heavy (non-hydrogen) atoms. The number of halogens is 2. The van der Waals surface area contributed by atoms with E-state index in [2.05, 4.69) is 51.9 Å². The Morgan fingerprint density at radius 2 is 1.85 bits per heavy atom. The molecule has 0 spiro atoms. The Balaban J connectivity index is 1.65. The number of amides is 1. The topological polar surface area (TPSA) is 71.4 Å². The molecule has 2 atom stereocenters. The second-order valence-corrected chi connectivity index (χ2v) is 10.9. The number of ether oxygens (including phenoxy) is 1. The van der Waals surface area contributed by atoms with Gasteiger partial charge in [-0.2, -0.15) is 0 Å². The molecular formula is C30H29Cl2N5O2S. The number of nitrogens with one attached hydrogen (secondary N) is 2. The first-order chi connectivity index (χ1) is 19.2. The predicted molar refractivity (Wildman–Crippen MR) is 165 cm³/mol. The molecular weight excluding hydrogens is 565 g/mol. The van der Waals surface area contributed by atoms with Crippen LogP contribution in [0.15, 0.2) is 66.9 Å². The normalized spacial score (nSPS) is 16.8. The Hall–Kier alpha value is -3.43. The van der Waals surface area contributed by atoms with Crippen molar-refractivity contribution in [3.63, 3.8) is 0 Å². The van der Waals surface area contributed by atoms with E-state index in [0.29, 0.717) is 20.8 Å². The summed E-state index contributed by atoms with van der Waals surface area (Å²) in [6.07, 6.45) is 1.79. The fourth-order valence-corrected chi connectivity index (χ4v) is 6.20. The predicted octanol–water partition coefficient (Wildman–Crippen LogP) is 6.87. The molecule has 1 saturated heterocycles. The lowest BCUT2D eigenvalue weighted by Crippen LogP contribution is -2.30. The summed E-state index contributed by atoms with van der Waals surface area (Å²) in [5.41, 5.74) is 7.63. The molecule has 10 heteroatoms. The average Bonchev–Trinajstić information content (AvgIpc) is 3.37. The molecule has 1 aliphatic rings. The van der Waals surface area contributed by atoms with Crippen molar-refractivity contribution in [2.24, 2.45) is 0 Å². The van der Waals surface area contributed by atoms with Crippen LogP contribution in [0.4, 0.5) is 11.4 Å². The number of carbonyl (C=O) groups is 1. The van der Waals surface area contributed by atoms with Crippen molar-refractivity contribution < 1.29 is 9.53 Å². The molecule has 2 aromatic heterocycles. The van der Waals surface area contributed by atoms with Crippen LogP contribution in [-0.2, 0) is 9.53 Å². The van der Waals surface area contributed by atoms with Crippen LogP contribution in [0.2, 0.25) is 10.0 Å². The average molecular weight is 595 g/mol. The van der Waals surface area contributed by atoms with Crippen molar-refractivity contribution in [1.82, 2.24) is 14.9 Å². The van der Waals surface area contributed by atoms with Gasteiger partial charge in [-0.1, -0.05) is 35.3 Å². The molecule has 2 aromatic carbocycles. The number of benzene rings is 2. The van der Waals surface area contributed by atoms with E-state index < -0.39 is 0 Å². The first kappa shape index (κ1) is 28.1. The van der Waals surface area contributed by atoms with Gasteiger partial charge in [-0.05, 0) is 87.1 Å². The second kappa shape index (κ2) is 11.6. The molecule has 0 saturated carbocycles. The smallest absolute Gasteiger partial charge is 0.250 e. The number of thiocarbonyl (C=S) groups is 1. The number of nitrogens with zero attached hydrogens (tertiary/aromatic N) is 3. The van der Waals surface area contributed by atoms with E-state index in [1.165, 1.54) is 7.11 Å². The summed E-state index contributed by atoms with van der Waals surface area (Å²) in [7, 11) is 1.47. The maximum absolute atomic E-state index is 12.1. The molecule has 3 heterocycles. The molecule has 206 valence electrons. The molecule has 0 unspecified atom stereocenters. The number of pyridine rings is 1. The van der Waals surface area contributed by atoms with E-state index in [1.54, 1.807) is 12.3 Å². The van der Waals surface area contributed by atoms with E-state index in [1.807, 2.05) is 48.5 Å². The van der Waals surface area contributed by atoms with Gasteiger partial charge in [0, 0.05) is 46.7 Å². The van der Waals surface area contributed by atoms with Gasteiger partial charge in [0.25, 0.3) is 0 Å². The highest BCUT2D eigenvalue weighted by Gasteiger charge is 2.43. The summed E-state index contributed by atoms with van der Waals surface area (Å²) in [6.45, 7) is 6.30. The minimum absolute atomic E-state index is 0.0619. The fourth-order valence-electron chi connectivity index (χ4n) is 5.44. The molecule has 2 N–H and O–H groups in total. The summed E-state index contributed by atoms with van der Waals surface area (Å²) in [4.78, 5) is 18.9. The summed E-state index contributed by atoms with van der Waals surface area (Å²) < 4.78 is 7.15. The maximum Gasteiger partial charge on any atom is 0.250 e. The van der Waals surface area contributed by atoms with Crippen LogP contribution >= 0.6 is 35.4 Å². The fraction of sp³-hybridized carbons (Fsp3) is 0.233. The third-order valence-electron chi connectivity index (χ3n) is 7.25. The summed E-state index contributed by atoms with van der Waals surface area (Å²) >= 11 is 19.0. The molecule has 0 aliphatic carbocycles. The lowest BCUT2D eigenvalue weighted by Gasteiger charge is -2.29. The molecule has 4 aromatic rings. The highest BCUT2D eigenvalue weighted by atomic mass is 35.5. The molecule has 1 aliphatic heterocycles. The minimum atomic E-state index is -0.285. The Morgan fingerprint density at radius 1 is 1.05 bits per heavy atom. The van der Waals surface area contributed by atoms with Crippen molar-refractivity contribution in [2.75, 3.05) is 23.9 Å². The van der Waals surface area contributed by atoms with Crippen LogP contribution in [0.25, 0.3) is 5.69 Å². The molecule has 7 nitrogen and oxygen atoms in total. The molecule has 1 amide bonds. The van der Waals surface area contributed by atoms with Gasteiger partial charge in [0.1, 0.15) is 6.61 Å². The van der Waals surface area contributed by atoms with E-state index in [4.69, 9.17) is 40.2 Å². The highest BCUT2D eigenvalue weighted by Crippen LogP contribution is 2.46. The van der Waals surface area contributed by atoms with Crippen LogP contribution in [0.5, 0.6) is 0 Å². The van der Waals surface area contributed by atoms with Crippen molar-refractivity contribution >= 4 is 57.8 Å². The standard InChI is InChI=1S/C30H29Cl2N5O2S/c1-17-18(2)36(21-9-7-8-20(31)14-21)19(3)27(17)29-28(25-10-5-6-13-33-25)35-30(40)37(29)22-11-12-24(23(32)15-22)34-26(38)16-39-4/h5-15,28-29H,16H2,1-4H3,(H,34,38)(H,35,40)/t28-,29+/m1/s1. The third-order valence-corrected chi connectivity index (χ3v) is 8.11. The van der Waals surface area contributed by atoms with E-state index in [9.17, 15) is 4.79 Å². The number of hydrogen-bond acceptors (Lipinski definition) is 4. The van der Waals surface area contributed by atoms with Crippen LogP contribution < -0.4 is 15.5 Å². The van der Waals surface area contributed by atoms with Crippen molar-refractivity contribution in [3.05, 3.63) is 105 Å². The van der Waals surface area contributed by atoms with E-state index in [-0.39, 0.29) is 24.6 Å². The van der Waals surface area contributed by atoms with Crippen LogP contribution in [0.3, 0.4) is 0 Å². The van der Waals surface area contributed by atoms with Gasteiger partial charge in [0.05, 0.1) is 28.5 Å².